The van der Waals surface area contributed by atoms with Crippen LogP contribution in [0.4, 0.5) is 9.93 Å². The molecule has 0 atom stereocenters. The lowest BCUT2D eigenvalue weighted by atomic mass is 9.89. The normalized spacial score (nSPS) is 21.5. The van der Waals surface area contributed by atoms with Gasteiger partial charge in [-0.3, -0.25) is 4.98 Å². The molecule has 1 N–H and O–H groups in total. The third-order valence-electron chi connectivity index (χ3n) is 6.00. The van der Waals surface area contributed by atoms with Crippen molar-refractivity contribution >= 4 is 32.8 Å². The maximum Gasteiger partial charge on any atom is 0.409 e. The Kier molecular flexibility index (Phi) is 5.59. The smallest absolute Gasteiger partial charge is 0.409 e. The number of fused-ring (bicyclic) bond motifs is 1. The number of anilines is 1. The van der Waals surface area contributed by atoms with Crippen molar-refractivity contribution in [2.45, 2.75) is 43.7 Å². The summed E-state index contributed by atoms with van der Waals surface area (Å²) in [6.07, 6.45) is 6.73. The molecule has 1 aromatic carbocycles. The summed E-state index contributed by atoms with van der Waals surface area (Å²) in [6, 6.07) is 8.53. The Labute approximate surface area is 184 Å². The number of nitrogens with zero attached hydrogens (tertiary/aromatic N) is 4. The van der Waals surface area contributed by atoms with E-state index in [2.05, 4.69) is 26.3 Å². The number of amides is 1. The monoisotopic (exact) mass is 439 g/mol. The van der Waals surface area contributed by atoms with Crippen molar-refractivity contribution in [3.05, 3.63) is 42.4 Å². The summed E-state index contributed by atoms with van der Waals surface area (Å²) in [5.74, 6) is 0.865. The highest BCUT2D eigenvalue weighted by molar-refractivity contribution is 7.22. The highest BCUT2D eigenvalue weighted by Gasteiger charge is 2.34. The molecule has 1 aliphatic heterocycles. The summed E-state index contributed by atoms with van der Waals surface area (Å²) >= 11 is 1.68. The average molecular weight is 440 g/mol. The van der Waals surface area contributed by atoms with Crippen molar-refractivity contribution in [2.24, 2.45) is 0 Å². The van der Waals surface area contributed by atoms with Crippen LogP contribution in [0.5, 0.6) is 5.88 Å². The predicted octanol–water partition coefficient (Wildman–Crippen LogP) is 4.05. The number of likely N-dealkylation sites (tertiary alicyclic amines) is 1. The third kappa shape index (κ3) is 4.27. The van der Waals surface area contributed by atoms with Crippen LogP contribution in [0.2, 0.25) is 0 Å². The van der Waals surface area contributed by atoms with Crippen molar-refractivity contribution < 1.29 is 14.3 Å². The first-order valence-electron chi connectivity index (χ1n) is 10.6. The van der Waals surface area contributed by atoms with Crippen molar-refractivity contribution in [3.8, 4) is 5.88 Å². The van der Waals surface area contributed by atoms with E-state index in [0.717, 1.165) is 42.0 Å². The summed E-state index contributed by atoms with van der Waals surface area (Å²) in [6.45, 7) is 1.32. The topological polar surface area (TPSA) is 89.5 Å². The van der Waals surface area contributed by atoms with Gasteiger partial charge in [0, 0.05) is 50.3 Å². The second kappa shape index (κ2) is 8.66. The number of thiazole rings is 1. The van der Waals surface area contributed by atoms with E-state index in [1.165, 1.54) is 11.8 Å². The largest absolute Gasteiger partial charge is 0.473 e. The number of nitrogens with one attached hydrogen (secondary N) is 1. The number of aromatic nitrogens is 3. The lowest BCUT2D eigenvalue weighted by molar-refractivity contribution is 0.0972. The molecule has 2 fully saturated rings. The quantitative estimate of drug-likeness (QED) is 0.641. The van der Waals surface area contributed by atoms with Gasteiger partial charge in [-0.05, 0) is 25.0 Å². The number of rotatable bonds is 5. The SMILES string of the molecule is COC(=O)N1CCC(c2nccnc2O[C@H]2C[C@H](Nc3nc4ccccc4s3)C2)CC1. The molecular weight excluding hydrogens is 414 g/mol. The third-order valence-corrected chi connectivity index (χ3v) is 6.97. The molecule has 0 bridgehead atoms. The minimum absolute atomic E-state index is 0.123. The number of carbonyl (C=O) groups excluding carboxylic acids is 1. The number of piperidine rings is 1. The standard InChI is InChI=1S/C22H25N5O3S/c1-29-22(28)27-10-6-14(7-11-27)19-20(24-9-8-23-19)30-16-12-15(13-16)25-21-26-17-4-2-3-5-18(17)31-21/h2-5,8-9,14-16H,6-7,10-13H2,1H3,(H,25,26)/t15-,16-. The van der Waals surface area contributed by atoms with E-state index in [0.29, 0.717) is 25.0 Å². The van der Waals surface area contributed by atoms with Crippen LogP contribution < -0.4 is 10.1 Å². The van der Waals surface area contributed by atoms with Crippen LogP contribution in [0.15, 0.2) is 36.7 Å². The molecule has 0 radical (unpaired) electrons. The molecule has 8 nitrogen and oxygen atoms in total. The Morgan fingerprint density at radius 1 is 1.16 bits per heavy atom. The Morgan fingerprint density at radius 3 is 2.71 bits per heavy atom. The van der Waals surface area contributed by atoms with Gasteiger partial charge in [0.15, 0.2) is 5.13 Å². The molecule has 2 aliphatic rings. The highest BCUT2D eigenvalue weighted by atomic mass is 32.1. The number of ether oxygens (including phenoxy) is 2. The maximum atomic E-state index is 11.7. The van der Waals surface area contributed by atoms with E-state index in [1.54, 1.807) is 28.6 Å². The molecule has 1 saturated heterocycles. The van der Waals surface area contributed by atoms with E-state index in [-0.39, 0.29) is 18.1 Å². The fourth-order valence-corrected chi connectivity index (χ4v) is 5.16. The minimum atomic E-state index is -0.268. The van der Waals surface area contributed by atoms with Crippen molar-refractivity contribution in [2.75, 3.05) is 25.5 Å². The van der Waals surface area contributed by atoms with Gasteiger partial charge in [-0.15, -0.1) is 0 Å². The summed E-state index contributed by atoms with van der Waals surface area (Å²) in [5, 5.41) is 4.48. The molecule has 1 amide bonds. The van der Waals surface area contributed by atoms with E-state index >= 15 is 0 Å². The predicted molar refractivity (Wildman–Crippen MR) is 119 cm³/mol. The first-order chi connectivity index (χ1) is 15.2. The van der Waals surface area contributed by atoms with Crippen molar-refractivity contribution in [1.29, 1.82) is 0 Å². The van der Waals surface area contributed by atoms with Gasteiger partial charge in [-0.2, -0.15) is 0 Å². The zero-order chi connectivity index (χ0) is 21.2. The van der Waals surface area contributed by atoms with Gasteiger partial charge in [0.1, 0.15) is 11.8 Å². The van der Waals surface area contributed by atoms with Crippen LogP contribution in [0, 0.1) is 0 Å². The summed E-state index contributed by atoms with van der Waals surface area (Å²) in [4.78, 5) is 27.1. The van der Waals surface area contributed by atoms with Crippen LogP contribution in [0.1, 0.15) is 37.3 Å². The number of para-hydroxylation sites is 1. The van der Waals surface area contributed by atoms with Gasteiger partial charge >= 0.3 is 6.09 Å². The molecular formula is C22H25N5O3S. The lowest BCUT2D eigenvalue weighted by Crippen LogP contribution is -2.43. The van der Waals surface area contributed by atoms with Gasteiger partial charge in [-0.1, -0.05) is 23.5 Å². The Morgan fingerprint density at radius 2 is 1.94 bits per heavy atom. The second-order valence-electron chi connectivity index (χ2n) is 8.02. The molecule has 3 heterocycles. The van der Waals surface area contributed by atoms with E-state index in [9.17, 15) is 4.79 Å². The Bertz CT molecular complexity index is 1030. The second-order valence-corrected chi connectivity index (χ2v) is 9.05. The Balaban J connectivity index is 1.16. The summed E-state index contributed by atoms with van der Waals surface area (Å²) < 4.78 is 12.2. The van der Waals surface area contributed by atoms with Crippen molar-refractivity contribution in [1.82, 2.24) is 19.9 Å². The first kappa shape index (κ1) is 20.0. The summed E-state index contributed by atoms with van der Waals surface area (Å²) in [5.41, 5.74) is 1.93. The van der Waals surface area contributed by atoms with Crippen LogP contribution in [0.25, 0.3) is 10.2 Å². The average Bonchev–Trinajstić information content (AvgIpc) is 3.20. The fraction of sp³-hybridized carbons (Fsp3) is 0.455. The molecule has 31 heavy (non-hydrogen) atoms. The molecule has 2 aromatic heterocycles. The lowest BCUT2D eigenvalue weighted by Gasteiger charge is -2.36. The number of methoxy groups -OCH3 is 1. The molecule has 0 spiro atoms. The van der Waals surface area contributed by atoms with Crippen molar-refractivity contribution in [3.63, 3.8) is 0 Å². The molecule has 3 aromatic rings. The van der Waals surface area contributed by atoms with Crippen LogP contribution in [-0.4, -0.2) is 58.3 Å². The van der Waals surface area contributed by atoms with Gasteiger partial charge in [0.05, 0.1) is 17.3 Å². The minimum Gasteiger partial charge on any atom is -0.473 e. The zero-order valence-electron chi connectivity index (χ0n) is 17.4. The van der Waals surface area contributed by atoms with Crippen LogP contribution in [-0.2, 0) is 4.74 Å². The van der Waals surface area contributed by atoms with E-state index in [1.807, 2.05) is 18.2 Å². The molecule has 9 heteroatoms. The number of benzene rings is 1. The molecule has 1 saturated carbocycles. The number of hydrogen-bond donors (Lipinski definition) is 1. The fourth-order valence-electron chi connectivity index (χ4n) is 4.22. The van der Waals surface area contributed by atoms with Gasteiger partial charge < -0.3 is 19.7 Å². The first-order valence-corrected chi connectivity index (χ1v) is 11.4. The van der Waals surface area contributed by atoms with Gasteiger partial charge in [-0.25, -0.2) is 14.8 Å². The molecule has 0 unspecified atom stereocenters. The van der Waals surface area contributed by atoms with Crippen LogP contribution >= 0.6 is 11.3 Å². The van der Waals surface area contributed by atoms with E-state index in [4.69, 9.17) is 9.47 Å². The number of carbonyl (C=O) groups is 1. The van der Waals surface area contributed by atoms with E-state index < -0.39 is 0 Å². The molecule has 162 valence electrons. The zero-order valence-corrected chi connectivity index (χ0v) is 18.2. The molecule has 1 aliphatic carbocycles. The number of hydrogen-bond acceptors (Lipinski definition) is 8. The molecule has 5 rings (SSSR count). The highest BCUT2D eigenvalue weighted by Crippen LogP contribution is 2.35. The van der Waals surface area contributed by atoms with Gasteiger partial charge in [0.2, 0.25) is 5.88 Å². The summed E-state index contributed by atoms with van der Waals surface area (Å²) in [7, 11) is 1.42. The Hall–Kier alpha value is -2.94. The van der Waals surface area contributed by atoms with Gasteiger partial charge in [0.25, 0.3) is 0 Å². The maximum absolute atomic E-state index is 11.7. The van der Waals surface area contributed by atoms with Crippen LogP contribution in [0.3, 0.4) is 0 Å².